The predicted octanol–water partition coefficient (Wildman–Crippen LogP) is 4.46. The van der Waals surface area contributed by atoms with Gasteiger partial charge in [0.25, 0.3) is 0 Å². The van der Waals surface area contributed by atoms with Crippen LogP contribution < -0.4 is 0 Å². The highest BCUT2D eigenvalue weighted by Crippen LogP contribution is 2.34. The molecule has 2 aromatic rings. The topological polar surface area (TPSA) is 55.3 Å². The third kappa shape index (κ3) is 4.34. The third-order valence-electron chi connectivity index (χ3n) is 4.04. The Morgan fingerprint density at radius 3 is 2.56 bits per heavy atom. The van der Waals surface area contributed by atoms with Gasteiger partial charge in [0.05, 0.1) is 0 Å². The molecule has 0 atom stereocenters. The molecule has 7 heteroatoms. The standard InChI is InChI=1S/C18H22FN3O2S/c1-18(2,3)24-17(23)22-10-8-12(9-11-22)15-20-21-16(25-15)13-6-4-5-7-14(13)19/h4-7,12H,8-11H2,1-3H3. The van der Waals surface area contributed by atoms with E-state index >= 15 is 0 Å². The smallest absolute Gasteiger partial charge is 0.410 e. The number of rotatable bonds is 2. The summed E-state index contributed by atoms with van der Waals surface area (Å²) in [6, 6.07) is 6.59. The summed E-state index contributed by atoms with van der Waals surface area (Å²) in [6.07, 6.45) is 1.35. The number of carbonyl (C=O) groups excluding carboxylic acids is 1. The van der Waals surface area contributed by atoms with Gasteiger partial charge in [0.2, 0.25) is 0 Å². The van der Waals surface area contributed by atoms with Crippen molar-refractivity contribution in [2.24, 2.45) is 0 Å². The minimum Gasteiger partial charge on any atom is -0.444 e. The van der Waals surface area contributed by atoms with Gasteiger partial charge in [-0.3, -0.25) is 0 Å². The van der Waals surface area contributed by atoms with E-state index in [-0.39, 0.29) is 17.8 Å². The van der Waals surface area contributed by atoms with E-state index < -0.39 is 5.60 Å². The normalized spacial score (nSPS) is 16.1. The van der Waals surface area contributed by atoms with Crippen molar-refractivity contribution in [2.75, 3.05) is 13.1 Å². The molecule has 134 valence electrons. The Morgan fingerprint density at radius 2 is 1.92 bits per heavy atom. The van der Waals surface area contributed by atoms with Crippen LogP contribution in [0, 0.1) is 5.82 Å². The lowest BCUT2D eigenvalue weighted by molar-refractivity contribution is 0.0204. The molecule has 1 saturated heterocycles. The van der Waals surface area contributed by atoms with Gasteiger partial charge in [0.1, 0.15) is 16.4 Å². The molecule has 1 aromatic heterocycles. The lowest BCUT2D eigenvalue weighted by Crippen LogP contribution is -2.41. The van der Waals surface area contributed by atoms with E-state index in [9.17, 15) is 9.18 Å². The quantitative estimate of drug-likeness (QED) is 0.790. The second-order valence-electron chi connectivity index (χ2n) is 7.17. The number of hydrogen-bond donors (Lipinski definition) is 0. The van der Waals surface area contributed by atoms with E-state index in [1.807, 2.05) is 20.8 Å². The summed E-state index contributed by atoms with van der Waals surface area (Å²) >= 11 is 1.43. The maximum atomic E-state index is 13.9. The van der Waals surface area contributed by atoms with Crippen molar-refractivity contribution in [3.05, 3.63) is 35.1 Å². The molecule has 5 nitrogen and oxygen atoms in total. The summed E-state index contributed by atoms with van der Waals surface area (Å²) in [5.74, 6) is -0.0401. The lowest BCUT2D eigenvalue weighted by Gasteiger charge is -2.32. The second kappa shape index (κ2) is 7.07. The largest absolute Gasteiger partial charge is 0.444 e. The molecular formula is C18H22FN3O2S. The van der Waals surface area contributed by atoms with Gasteiger partial charge in [-0.15, -0.1) is 10.2 Å². The number of piperidine rings is 1. The maximum Gasteiger partial charge on any atom is 0.410 e. The zero-order valence-corrected chi connectivity index (χ0v) is 15.5. The first-order valence-electron chi connectivity index (χ1n) is 8.40. The predicted molar refractivity (Wildman–Crippen MR) is 95.1 cm³/mol. The van der Waals surface area contributed by atoms with Crippen molar-refractivity contribution in [3.8, 4) is 10.6 Å². The van der Waals surface area contributed by atoms with Gasteiger partial charge in [-0.05, 0) is 45.7 Å². The Labute approximate surface area is 150 Å². The first kappa shape index (κ1) is 17.8. The molecule has 0 N–H and O–H groups in total. The van der Waals surface area contributed by atoms with Crippen molar-refractivity contribution in [3.63, 3.8) is 0 Å². The highest BCUT2D eigenvalue weighted by Gasteiger charge is 2.29. The van der Waals surface area contributed by atoms with E-state index in [1.165, 1.54) is 17.4 Å². The van der Waals surface area contributed by atoms with Crippen molar-refractivity contribution in [1.29, 1.82) is 0 Å². The van der Waals surface area contributed by atoms with Gasteiger partial charge < -0.3 is 9.64 Å². The molecule has 1 fully saturated rings. The number of aromatic nitrogens is 2. The minimum atomic E-state index is -0.484. The number of carbonyl (C=O) groups is 1. The minimum absolute atomic E-state index is 0.247. The first-order valence-corrected chi connectivity index (χ1v) is 9.21. The van der Waals surface area contributed by atoms with Crippen LogP contribution in [0.2, 0.25) is 0 Å². The molecule has 1 aromatic carbocycles. The Balaban J connectivity index is 1.63. The molecule has 0 radical (unpaired) electrons. The van der Waals surface area contributed by atoms with Gasteiger partial charge >= 0.3 is 6.09 Å². The number of amides is 1. The Hall–Kier alpha value is -2.02. The van der Waals surface area contributed by atoms with Gasteiger partial charge in [0.15, 0.2) is 5.01 Å². The molecule has 0 spiro atoms. The monoisotopic (exact) mass is 363 g/mol. The zero-order valence-electron chi connectivity index (χ0n) is 14.7. The number of benzene rings is 1. The summed E-state index contributed by atoms with van der Waals surface area (Å²) < 4.78 is 19.3. The average molecular weight is 363 g/mol. The number of nitrogens with zero attached hydrogens (tertiary/aromatic N) is 3. The summed E-state index contributed by atoms with van der Waals surface area (Å²) in [7, 11) is 0. The summed E-state index contributed by atoms with van der Waals surface area (Å²) in [5, 5.41) is 9.91. The maximum absolute atomic E-state index is 13.9. The highest BCUT2D eigenvalue weighted by molar-refractivity contribution is 7.14. The molecule has 3 rings (SSSR count). The van der Waals surface area contributed by atoms with E-state index in [1.54, 1.807) is 23.1 Å². The fourth-order valence-corrected chi connectivity index (χ4v) is 3.82. The molecule has 0 unspecified atom stereocenters. The van der Waals surface area contributed by atoms with Gasteiger partial charge in [-0.25, -0.2) is 9.18 Å². The van der Waals surface area contributed by atoms with Crippen LogP contribution in [0.15, 0.2) is 24.3 Å². The molecule has 2 heterocycles. The molecular weight excluding hydrogens is 341 g/mol. The Kier molecular flexibility index (Phi) is 5.03. The van der Waals surface area contributed by atoms with E-state index in [4.69, 9.17) is 4.74 Å². The van der Waals surface area contributed by atoms with E-state index in [0.717, 1.165) is 17.8 Å². The fraction of sp³-hybridized carbons (Fsp3) is 0.500. The second-order valence-corrected chi connectivity index (χ2v) is 8.18. The zero-order chi connectivity index (χ0) is 18.0. The molecule has 1 aliphatic heterocycles. The lowest BCUT2D eigenvalue weighted by atomic mass is 9.98. The molecule has 1 amide bonds. The van der Waals surface area contributed by atoms with Crippen LogP contribution in [0.5, 0.6) is 0 Å². The van der Waals surface area contributed by atoms with Crippen LogP contribution in [0.1, 0.15) is 44.5 Å². The van der Waals surface area contributed by atoms with Crippen molar-refractivity contribution in [2.45, 2.75) is 45.1 Å². The van der Waals surface area contributed by atoms with E-state index in [2.05, 4.69) is 10.2 Å². The van der Waals surface area contributed by atoms with Crippen LogP contribution in [0.3, 0.4) is 0 Å². The van der Waals surface area contributed by atoms with Crippen LogP contribution in [0.25, 0.3) is 10.6 Å². The molecule has 0 bridgehead atoms. The third-order valence-corrected chi connectivity index (χ3v) is 5.16. The Bertz CT molecular complexity index is 749. The van der Waals surface area contributed by atoms with Crippen LogP contribution in [-0.4, -0.2) is 39.9 Å². The molecule has 25 heavy (non-hydrogen) atoms. The van der Waals surface area contributed by atoms with Crippen molar-refractivity contribution in [1.82, 2.24) is 15.1 Å². The molecule has 0 aliphatic carbocycles. The van der Waals surface area contributed by atoms with E-state index in [0.29, 0.717) is 23.7 Å². The van der Waals surface area contributed by atoms with Crippen molar-refractivity contribution >= 4 is 17.4 Å². The molecule has 0 saturated carbocycles. The SMILES string of the molecule is CC(C)(C)OC(=O)N1CCC(c2nnc(-c3ccccc3F)s2)CC1. The number of hydrogen-bond acceptors (Lipinski definition) is 5. The summed E-state index contributed by atoms with van der Waals surface area (Å²) in [5.41, 5.74) is -0.000566. The fourth-order valence-electron chi connectivity index (χ4n) is 2.78. The van der Waals surface area contributed by atoms with Crippen LogP contribution in [0.4, 0.5) is 9.18 Å². The average Bonchev–Trinajstić information content (AvgIpc) is 3.03. The number of likely N-dealkylation sites (tertiary alicyclic amines) is 1. The van der Waals surface area contributed by atoms with Gasteiger partial charge in [-0.1, -0.05) is 23.5 Å². The number of halogens is 1. The summed E-state index contributed by atoms with van der Waals surface area (Å²) in [6.45, 7) is 6.86. The van der Waals surface area contributed by atoms with Gasteiger partial charge in [0, 0.05) is 24.6 Å². The first-order chi connectivity index (χ1) is 11.8. The Morgan fingerprint density at radius 1 is 1.24 bits per heavy atom. The number of ether oxygens (including phenoxy) is 1. The van der Waals surface area contributed by atoms with Crippen LogP contribution in [-0.2, 0) is 4.74 Å². The summed E-state index contributed by atoms with van der Waals surface area (Å²) in [4.78, 5) is 13.9. The van der Waals surface area contributed by atoms with Crippen LogP contribution >= 0.6 is 11.3 Å². The highest BCUT2D eigenvalue weighted by atomic mass is 32.1. The van der Waals surface area contributed by atoms with Gasteiger partial charge in [-0.2, -0.15) is 0 Å². The molecule has 1 aliphatic rings. The van der Waals surface area contributed by atoms with Crippen molar-refractivity contribution < 1.29 is 13.9 Å².